The van der Waals surface area contributed by atoms with Gasteiger partial charge in [0.1, 0.15) is 5.75 Å². The van der Waals surface area contributed by atoms with Crippen LogP contribution in [0.15, 0.2) is 35.7 Å². The molecule has 1 aliphatic rings. The number of benzene rings is 1. The van der Waals surface area contributed by atoms with Crippen molar-refractivity contribution in [3.05, 3.63) is 51.7 Å². The van der Waals surface area contributed by atoms with E-state index >= 15 is 0 Å². The third-order valence-electron chi connectivity index (χ3n) is 4.02. The zero-order chi connectivity index (χ0) is 16.2. The van der Waals surface area contributed by atoms with Crippen molar-refractivity contribution in [2.24, 2.45) is 0 Å². The molecule has 1 amide bonds. The number of amides is 1. The molecule has 0 spiro atoms. The highest BCUT2D eigenvalue weighted by atomic mass is 32.1. The number of fused-ring (bicyclic) bond motifs is 1. The minimum Gasteiger partial charge on any atom is -0.484 e. The fourth-order valence-electron chi connectivity index (χ4n) is 2.64. The van der Waals surface area contributed by atoms with Crippen LogP contribution >= 0.6 is 11.3 Å². The van der Waals surface area contributed by atoms with Crippen LogP contribution in [0.3, 0.4) is 0 Å². The summed E-state index contributed by atoms with van der Waals surface area (Å²) in [6, 6.07) is 9.05. The summed E-state index contributed by atoms with van der Waals surface area (Å²) < 4.78 is 5.56. The van der Waals surface area contributed by atoms with Crippen LogP contribution in [0.25, 0.3) is 0 Å². The van der Waals surface area contributed by atoms with E-state index in [1.165, 1.54) is 10.4 Å². The van der Waals surface area contributed by atoms with E-state index < -0.39 is 0 Å². The Hall–Kier alpha value is -2.14. The SMILES string of the molecule is CCC(=O)c1ccc(OCC(=O)N2CCc3sccc3C2)cc1. The zero-order valence-electron chi connectivity index (χ0n) is 13.1. The Morgan fingerprint density at radius 3 is 2.74 bits per heavy atom. The van der Waals surface area contributed by atoms with Crippen molar-refractivity contribution in [3.8, 4) is 5.75 Å². The van der Waals surface area contributed by atoms with Crippen molar-refractivity contribution in [3.63, 3.8) is 0 Å². The molecule has 5 heteroatoms. The number of hydrogen-bond acceptors (Lipinski definition) is 4. The van der Waals surface area contributed by atoms with Crippen LogP contribution in [-0.2, 0) is 17.8 Å². The highest BCUT2D eigenvalue weighted by Gasteiger charge is 2.21. The van der Waals surface area contributed by atoms with Crippen molar-refractivity contribution < 1.29 is 14.3 Å². The van der Waals surface area contributed by atoms with Gasteiger partial charge < -0.3 is 9.64 Å². The number of ketones is 1. The van der Waals surface area contributed by atoms with Gasteiger partial charge in [-0.25, -0.2) is 0 Å². The molecule has 2 aromatic rings. The molecule has 0 aliphatic carbocycles. The van der Waals surface area contributed by atoms with E-state index in [1.807, 2.05) is 11.8 Å². The summed E-state index contributed by atoms with van der Waals surface area (Å²) in [6.45, 7) is 3.29. The molecule has 0 fully saturated rings. The molecule has 23 heavy (non-hydrogen) atoms. The van der Waals surface area contributed by atoms with E-state index in [0.29, 0.717) is 24.3 Å². The number of carbonyl (C=O) groups is 2. The van der Waals surface area contributed by atoms with Crippen LogP contribution in [-0.4, -0.2) is 29.7 Å². The monoisotopic (exact) mass is 329 g/mol. The van der Waals surface area contributed by atoms with E-state index in [1.54, 1.807) is 35.6 Å². The van der Waals surface area contributed by atoms with Crippen molar-refractivity contribution >= 4 is 23.0 Å². The van der Waals surface area contributed by atoms with Gasteiger partial charge in [0.15, 0.2) is 12.4 Å². The van der Waals surface area contributed by atoms with Crippen molar-refractivity contribution in [2.75, 3.05) is 13.2 Å². The van der Waals surface area contributed by atoms with Crippen molar-refractivity contribution in [1.82, 2.24) is 4.90 Å². The molecule has 0 N–H and O–H groups in total. The van der Waals surface area contributed by atoms with Gasteiger partial charge in [-0.1, -0.05) is 6.92 Å². The zero-order valence-corrected chi connectivity index (χ0v) is 13.9. The van der Waals surface area contributed by atoms with Gasteiger partial charge in [-0.15, -0.1) is 11.3 Å². The van der Waals surface area contributed by atoms with Gasteiger partial charge in [-0.05, 0) is 47.7 Å². The quantitative estimate of drug-likeness (QED) is 0.791. The summed E-state index contributed by atoms with van der Waals surface area (Å²) in [6.07, 6.45) is 1.41. The molecule has 1 aromatic heterocycles. The van der Waals surface area contributed by atoms with E-state index in [4.69, 9.17) is 4.74 Å². The Morgan fingerprint density at radius 2 is 2.00 bits per heavy atom. The summed E-state index contributed by atoms with van der Waals surface area (Å²) in [5.74, 6) is 0.710. The number of thiophene rings is 1. The fraction of sp³-hybridized carbons (Fsp3) is 0.333. The Morgan fingerprint density at radius 1 is 1.22 bits per heavy atom. The number of nitrogens with zero attached hydrogens (tertiary/aromatic N) is 1. The summed E-state index contributed by atoms with van der Waals surface area (Å²) in [4.78, 5) is 27.1. The third-order valence-corrected chi connectivity index (χ3v) is 5.04. The fourth-order valence-corrected chi connectivity index (χ4v) is 3.53. The molecule has 1 aromatic carbocycles. The van der Waals surface area contributed by atoms with Crippen LogP contribution in [0, 0.1) is 0 Å². The van der Waals surface area contributed by atoms with Gasteiger partial charge in [0.05, 0.1) is 0 Å². The summed E-state index contributed by atoms with van der Waals surface area (Å²) >= 11 is 1.76. The predicted octanol–water partition coefficient (Wildman–Crippen LogP) is 3.30. The molecule has 1 aliphatic heterocycles. The molecule has 0 saturated carbocycles. The summed E-state index contributed by atoms with van der Waals surface area (Å²) in [7, 11) is 0. The Kier molecular flexibility index (Phi) is 4.76. The average Bonchev–Trinajstić information content (AvgIpc) is 3.07. The first-order valence-corrected chi connectivity index (χ1v) is 8.64. The topological polar surface area (TPSA) is 46.6 Å². The lowest BCUT2D eigenvalue weighted by molar-refractivity contribution is -0.134. The predicted molar refractivity (Wildman–Crippen MR) is 90.0 cm³/mol. The van der Waals surface area contributed by atoms with Crippen LogP contribution in [0.2, 0.25) is 0 Å². The second kappa shape index (κ2) is 6.96. The van der Waals surface area contributed by atoms with E-state index in [-0.39, 0.29) is 18.3 Å². The van der Waals surface area contributed by atoms with Gasteiger partial charge in [0, 0.05) is 30.0 Å². The van der Waals surface area contributed by atoms with Gasteiger partial charge >= 0.3 is 0 Å². The first-order valence-electron chi connectivity index (χ1n) is 7.76. The smallest absolute Gasteiger partial charge is 0.260 e. The number of ether oxygens (including phenoxy) is 1. The number of hydrogen-bond donors (Lipinski definition) is 0. The van der Waals surface area contributed by atoms with Gasteiger partial charge in [-0.2, -0.15) is 0 Å². The Balaban J connectivity index is 1.54. The maximum absolute atomic E-state index is 12.3. The van der Waals surface area contributed by atoms with E-state index in [9.17, 15) is 9.59 Å². The number of Topliss-reactive ketones (excluding diaryl/α,β-unsaturated/α-hetero) is 1. The molecule has 2 heterocycles. The lowest BCUT2D eigenvalue weighted by Crippen LogP contribution is -2.38. The molecule has 0 bridgehead atoms. The molecule has 0 radical (unpaired) electrons. The second-order valence-electron chi connectivity index (χ2n) is 5.52. The second-order valence-corrected chi connectivity index (χ2v) is 6.52. The molecular weight excluding hydrogens is 310 g/mol. The van der Waals surface area contributed by atoms with Crippen molar-refractivity contribution in [2.45, 2.75) is 26.3 Å². The average molecular weight is 329 g/mol. The molecular formula is C18H19NO3S. The third kappa shape index (κ3) is 3.62. The molecule has 0 unspecified atom stereocenters. The van der Waals surface area contributed by atoms with Gasteiger partial charge in [-0.3, -0.25) is 9.59 Å². The minimum absolute atomic E-state index is 0.00411. The summed E-state index contributed by atoms with van der Waals surface area (Å²) in [5.41, 5.74) is 1.92. The molecule has 120 valence electrons. The van der Waals surface area contributed by atoms with Gasteiger partial charge in [0.25, 0.3) is 5.91 Å². The number of rotatable bonds is 5. The van der Waals surface area contributed by atoms with Crippen LogP contribution in [0.1, 0.15) is 34.1 Å². The summed E-state index contributed by atoms with van der Waals surface area (Å²) in [5, 5.41) is 2.08. The molecule has 0 saturated heterocycles. The lowest BCUT2D eigenvalue weighted by Gasteiger charge is -2.27. The van der Waals surface area contributed by atoms with E-state index in [0.717, 1.165) is 13.0 Å². The van der Waals surface area contributed by atoms with Crippen molar-refractivity contribution in [1.29, 1.82) is 0 Å². The largest absolute Gasteiger partial charge is 0.484 e. The first-order chi connectivity index (χ1) is 11.2. The number of carbonyl (C=O) groups excluding carboxylic acids is 2. The standard InChI is InChI=1S/C18H19NO3S/c1-2-16(20)13-3-5-15(6-4-13)22-12-18(21)19-9-7-17-14(11-19)8-10-23-17/h3-6,8,10H,2,7,9,11-12H2,1H3. The van der Waals surface area contributed by atoms with Gasteiger partial charge in [0.2, 0.25) is 0 Å². The molecule has 3 rings (SSSR count). The Bertz CT molecular complexity index is 705. The highest BCUT2D eigenvalue weighted by molar-refractivity contribution is 7.10. The minimum atomic E-state index is -0.00411. The van der Waals surface area contributed by atoms with E-state index in [2.05, 4.69) is 11.4 Å². The maximum atomic E-state index is 12.3. The van der Waals surface area contributed by atoms with Crippen LogP contribution < -0.4 is 4.74 Å². The normalized spacial score (nSPS) is 13.5. The molecule has 4 nitrogen and oxygen atoms in total. The van der Waals surface area contributed by atoms with Crippen LogP contribution in [0.5, 0.6) is 5.75 Å². The highest BCUT2D eigenvalue weighted by Crippen LogP contribution is 2.24. The maximum Gasteiger partial charge on any atom is 0.260 e. The molecule has 0 atom stereocenters. The Labute approximate surface area is 139 Å². The first kappa shape index (κ1) is 15.7. The lowest BCUT2D eigenvalue weighted by atomic mass is 10.1. The van der Waals surface area contributed by atoms with Crippen LogP contribution in [0.4, 0.5) is 0 Å².